The molecule has 1 aliphatic rings. The van der Waals surface area contributed by atoms with Gasteiger partial charge in [-0.3, -0.25) is 9.59 Å². The molecule has 0 unspecified atom stereocenters. The molecule has 1 heterocycles. The predicted molar refractivity (Wildman–Crippen MR) is 90.2 cm³/mol. The van der Waals surface area contributed by atoms with Crippen LogP contribution in [0.3, 0.4) is 0 Å². The first-order valence-corrected chi connectivity index (χ1v) is 8.44. The molecule has 0 bridgehead atoms. The van der Waals surface area contributed by atoms with Gasteiger partial charge < -0.3 is 14.8 Å². The number of thioether (sulfide) groups is 1. The maximum atomic E-state index is 12.0. The van der Waals surface area contributed by atoms with E-state index in [0.29, 0.717) is 23.0 Å². The van der Waals surface area contributed by atoms with Crippen LogP contribution in [0.4, 0.5) is 0 Å². The van der Waals surface area contributed by atoms with Gasteiger partial charge >= 0.3 is 5.97 Å². The topological polar surface area (TPSA) is 88.4 Å². The van der Waals surface area contributed by atoms with Crippen molar-refractivity contribution in [3.8, 4) is 11.8 Å². The molecule has 0 saturated heterocycles. The summed E-state index contributed by atoms with van der Waals surface area (Å²) in [6, 6.07) is 9.44. The molecule has 0 radical (unpaired) electrons. The summed E-state index contributed by atoms with van der Waals surface area (Å²) in [7, 11) is 1.58. The molecule has 1 N–H and O–H groups in total. The van der Waals surface area contributed by atoms with Crippen molar-refractivity contribution < 1.29 is 19.1 Å². The highest BCUT2D eigenvalue weighted by molar-refractivity contribution is 8.03. The molecule has 0 spiro atoms. The Morgan fingerprint density at radius 3 is 2.71 bits per heavy atom. The second-order valence-electron chi connectivity index (χ2n) is 5.03. The normalized spacial score (nSPS) is 17.0. The second kappa shape index (κ2) is 8.41. The molecule has 126 valence electrons. The van der Waals surface area contributed by atoms with E-state index in [0.717, 1.165) is 17.3 Å². The number of hydrogen-bond acceptors (Lipinski definition) is 6. The zero-order valence-corrected chi connectivity index (χ0v) is 14.3. The highest BCUT2D eigenvalue weighted by Crippen LogP contribution is 2.36. The van der Waals surface area contributed by atoms with E-state index in [-0.39, 0.29) is 30.0 Å². The lowest BCUT2D eigenvalue weighted by molar-refractivity contribution is -0.139. The van der Waals surface area contributed by atoms with Crippen LogP contribution < -0.4 is 10.1 Å². The average Bonchev–Trinajstić information content (AvgIpc) is 2.59. The molecule has 2 rings (SSSR count). The zero-order chi connectivity index (χ0) is 17.5. The second-order valence-corrected chi connectivity index (χ2v) is 6.01. The highest BCUT2D eigenvalue weighted by Gasteiger charge is 2.29. The SMILES string of the molecule is CCOC(=O)CSC1=C(C#N)[C@H](c2ccc(OC)cc2)CC(=O)N1. The van der Waals surface area contributed by atoms with Gasteiger partial charge in [0, 0.05) is 12.3 Å². The van der Waals surface area contributed by atoms with Crippen molar-refractivity contribution >= 4 is 23.6 Å². The van der Waals surface area contributed by atoms with Crippen LogP contribution in [-0.2, 0) is 14.3 Å². The van der Waals surface area contributed by atoms with Crippen LogP contribution in [0, 0.1) is 11.3 Å². The Balaban J connectivity index is 2.25. The van der Waals surface area contributed by atoms with Gasteiger partial charge in [-0.15, -0.1) is 0 Å². The van der Waals surface area contributed by atoms with Crippen molar-refractivity contribution in [1.29, 1.82) is 5.26 Å². The number of allylic oxidation sites excluding steroid dienone is 1. The predicted octanol–water partition coefficient (Wildman–Crippen LogP) is 2.33. The molecule has 0 saturated carbocycles. The van der Waals surface area contributed by atoms with Gasteiger partial charge in [0.25, 0.3) is 0 Å². The van der Waals surface area contributed by atoms with Gasteiger partial charge in [0.2, 0.25) is 5.91 Å². The van der Waals surface area contributed by atoms with E-state index in [9.17, 15) is 14.9 Å². The lowest BCUT2D eigenvalue weighted by Crippen LogP contribution is -2.31. The summed E-state index contributed by atoms with van der Waals surface area (Å²) in [4.78, 5) is 23.5. The summed E-state index contributed by atoms with van der Waals surface area (Å²) in [6.07, 6.45) is 0.193. The van der Waals surface area contributed by atoms with E-state index < -0.39 is 0 Å². The van der Waals surface area contributed by atoms with Gasteiger partial charge in [-0.05, 0) is 24.6 Å². The van der Waals surface area contributed by atoms with Gasteiger partial charge in [0.1, 0.15) is 5.75 Å². The molecule has 0 aromatic heterocycles. The molecule has 24 heavy (non-hydrogen) atoms. The smallest absolute Gasteiger partial charge is 0.316 e. The Morgan fingerprint density at radius 2 is 2.12 bits per heavy atom. The lowest BCUT2D eigenvalue weighted by atomic mass is 9.87. The van der Waals surface area contributed by atoms with Crippen LogP contribution >= 0.6 is 11.8 Å². The number of nitrogens with one attached hydrogen (secondary N) is 1. The van der Waals surface area contributed by atoms with Crippen molar-refractivity contribution in [3.05, 3.63) is 40.4 Å². The van der Waals surface area contributed by atoms with Gasteiger partial charge in [-0.1, -0.05) is 23.9 Å². The molecule has 1 aromatic carbocycles. The summed E-state index contributed by atoms with van der Waals surface area (Å²) in [6.45, 7) is 2.02. The van der Waals surface area contributed by atoms with Crippen LogP contribution in [0.15, 0.2) is 34.9 Å². The summed E-state index contributed by atoms with van der Waals surface area (Å²) >= 11 is 1.11. The number of carbonyl (C=O) groups is 2. The van der Waals surface area contributed by atoms with Gasteiger partial charge in [-0.25, -0.2) is 0 Å². The third-order valence-corrected chi connectivity index (χ3v) is 4.50. The zero-order valence-electron chi connectivity index (χ0n) is 13.5. The van der Waals surface area contributed by atoms with E-state index >= 15 is 0 Å². The van der Waals surface area contributed by atoms with Crippen molar-refractivity contribution in [2.75, 3.05) is 19.5 Å². The number of rotatable bonds is 6. The molecule has 6 nitrogen and oxygen atoms in total. The maximum Gasteiger partial charge on any atom is 0.316 e. The third-order valence-electron chi connectivity index (χ3n) is 3.51. The molecule has 1 aliphatic heterocycles. The molecule has 1 atom stereocenters. The van der Waals surface area contributed by atoms with Crippen molar-refractivity contribution in [3.63, 3.8) is 0 Å². The van der Waals surface area contributed by atoms with Crippen LogP contribution in [0.1, 0.15) is 24.8 Å². The number of carbonyl (C=O) groups excluding carboxylic acids is 2. The molecule has 7 heteroatoms. The van der Waals surface area contributed by atoms with Crippen LogP contribution in [0.5, 0.6) is 5.75 Å². The minimum atomic E-state index is -0.381. The van der Waals surface area contributed by atoms with Crippen molar-refractivity contribution in [2.24, 2.45) is 0 Å². The maximum absolute atomic E-state index is 12.0. The summed E-state index contributed by atoms with van der Waals surface area (Å²) in [5.74, 6) is -0.142. The van der Waals surface area contributed by atoms with Gasteiger partial charge in [-0.2, -0.15) is 5.26 Å². The Bertz CT molecular complexity index is 692. The Morgan fingerprint density at radius 1 is 1.42 bits per heavy atom. The van der Waals surface area contributed by atoms with Crippen LogP contribution in [0.2, 0.25) is 0 Å². The first-order chi connectivity index (χ1) is 11.6. The molecular weight excluding hydrogens is 328 g/mol. The number of nitrogens with zero attached hydrogens (tertiary/aromatic N) is 1. The van der Waals surface area contributed by atoms with E-state index in [1.54, 1.807) is 26.2 Å². The Labute approximate surface area is 144 Å². The minimum Gasteiger partial charge on any atom is -0.497 e. The summed E-state index contributed by atoms with van der Waals surface area (Å²) in [5, 5.41) is 12.6. The van der Waals surface area contributed by atoms with Crippen molar-refractivity contribution in [1.82, 2.24) is 5.32 Å². The number of hydrogen-bond donors (Lipinski definition) is 1. The fourth-order valence-electron chi connectivity index (χ4n) is 2.39. The molecule has 1 amide bonds. The van der Waals surface area contributed by atoms with Gasteiger partial charge in [0.15, 0.2) is 0 Å². The highest BCUT2D eigenvalue weighted by atomic mass is 32.2. The van der Waals surface area contributed by atoms with Crippen LogP contribution in [0.25, 0.3) is 0 Å². The molecule has 1 aromatic rings. The Hall–Kier alpha value is -2.46. The fraction of sp³-hybridized carbons (Fsp3) is 0.353. The van der Waals surface area contributed by atoms with Crippen LogP contribution in [-0.4, -0.2) is 31.3 Å². The number of ether oxygens (including phenoxy) is 2. The quantitative estimate of drug-likeness (QED) is 0.795. The van der Waals surface area contributed by atoms with Crippen molar-refractivity contribution in [2.45, 2.75) is 19.3 Å². The number of amides is 1. The third kappa shape index (κ3) is 4.30. The largest absolute Gasteiger partial charge is 0.497 e. The van der Waals surface area contributed by atoms with E-state index in [2.05, 4.69) is 11.4 Å². The van der Waals surface area contributed by atoms with E-state index in [1.165, 1.54) is 0 Å². The van der Waals surface area contributed by atoms with E-state index in [4.69, 9.17) is 9.47 Å². The minimum absolute atomic E-state index is 0.0456. The molecule has 0 aliphatic carbocycles. The first kappa shape index (κ1) is 17.9. The fourth-order valence-corrected chi connectivity index (χ4v) is 3.26. The lowest BCUT2D eigenvalue weighted by Gasteiger charge is -2.25. The number of methoxy groups -OCH3 is 1. The monoisotopic (exact) mass is 346 g/mol. The first-order valence-electron chi connectivity index (χ1n) is 7.45. The van der Waals surface area contributed by atoms with E-state index in [1.807, 2.05) is 12.1 Å². The molecular formula is C17H18N2O4S. The van der Waals surface area contributed by atoms with Gasteiger partial charge in [0.05, 0.1) is 36.1 Å². The average molecular weight is 346 g/mol. The number of esters is 1. The summed E-state index contributed by atoms with van der Waals surface area (Å²) < 4.78 is 10.0. The molecule has 0 fully saturated rings. The summed E-state index contributed by atoms with van der Waals surface area (Å²) in [5.41, 5.74) is 1.31. The number of benzene rings is 1. The number of nitriles is 1. The standard InChI is InChI=1S/C17H18N2O4S/c1-3-23-16(21)10-24-17-14(9-18)13(8-15(20)19-17)11-4-6-12(22-2)7-5-11/h4-7,13H,3,8,10H2,1-2H3,(H,19,20)/t13-/m0/s1. The Kier molecular flexibility index (Phi) is 6.27.